The van der Waals surface area contributed by atoms with Crippen LogP contribution in [0.15, 0.2) is 48.5 Å². The molecule has 2 rings (SSSR count). The predicted octanol–water partition coefficient (Wildman–Crippen LogP) is 4.64. The Kier molecular flexibility index (Phi) is 11.2. The highest BCUT2D eigenvalue weighted by molar-refractivity contribution is 7.92. The zero-order valence-corrected chi connectivity index (χ0v) is 23.4. The van der Waals surface area contributed by atoms with Gasteiger partial charge < -0.3 is 10.2 Å². The van der Waals surface area contributed by atoms with E-state index in [1.54, 1.807) is 37.3 Å². The van der Waals surface area contributed by atoms with Gasteiger partial charge in [-0.05, 0) is 61.1 Å². The molecule has 2 aromatic rings. The molecule has 7 nitrogen and oxygen atoms in total. The Balaban J connectivity index is 2.15. The van der Waals surface area contributed by atoms with Gasteiger partial charge in [-0.15, -0.1) is 0 Å². The van der Waals surface area contributed by atoms with Crippen LogP contribution in [0.3, 0.4) is 0 Å². The minimum Gasteiger partial charge on any atom is -0.354 e. The Labute approximate surface area is 220 Å². The van der Waals surface area contributed by atoms with Crippen LogP contribution in [0.5, 0.6) is 0 Å². The number of sulfonamides is 1. The van der Waals surface area contributed by atoms with Gasteiger partial charge in [-0.1, -0.05) is 56.6 Å². The van der Waals surface area contributed by atoms with Crippen LogP contribution >= 0.6 is 11.6 Å². The normalized spacial score (nSPS) is 12.3. The summed E-state index contributed by atoms with van der Waals surface area (Å²) in [5.74, 6) is -0.170. The third kappa shape index (κ3) is 9.13. The highest BCUT2D eigenvalue weighted by Gasteiger charge is 2.26. The van der Waals surface area contributed by atoms with Gasteiger partial charge in [0.15, 0.2) is 0 Å². The molecule has 0 aliphatic heterocycles. The molecule has 0 saturated carbocycles. The molecule has 0 aliphatic carbocycles. The smallest absolute Gasteiger partial charge is 0.242 e. The van der Waals surface area contributed by atoms with Crippen molar-refractivity contribution >= 4 is 39.1 Å². The van der Waals surface area contributed by atoms with Gasteiger partial charge in [0.1, 0.15) is 6.04 Å². The van der Waals surface area contributed by atoms with Gasteiger partial charge >= 0.3 is 0 Å². The van der Waals surface area contributed by atoms with Gasteiger partial charge in [0.05, 0.1) is 11.9 Å². The number of carbonyl (C=O) groups excluding carboxylic acids is 2. The lowest BCUT2D eigenvalue weighted by atomic mass is 10.1. The van der Waals surface area contributed by atoms with Gasteiger partial charge in [0.25, 0.3) is 0 Å². The summed E-state index contributed by atoms with van der Waals surface area (Å²) in [7, 11) is -3.52. The summed E-state index contributed by atoms with van der Waals surface area (Å²) in [5, 5.41) is 3.44. The molecule has 198 valence electrons. The molecule has 0 heterocycles. The first kappa shape index (κ1) is 29.6. The maximum Gasteiger partial charge on any atom is 0.242 e. The number of nitrogens with one attached hydrogen (secondary N) is 1. The molecule has 2 amide bonds. The summed E-state index contributed by atoms with van der Waals surface area (Å²) in [6.07, 6.45) is 2.43. The van der Waals surface area contributed by atoms with Crippen LogP contribution in [0, 0.1) is 5.92 Å². The van der Waals surface area contributed by atoms with Gasteiger partial charge in [0.2, 0.25) is 21.8 Å². The van der Waals surface area contributed by atoms with Gasteiger partial charge in [0, 0.05) is 31.1 Å². The van der Waals surface area contributed by atoms with E-state index >= 15 is 0 Å². The molecule has 0 radical (unpaired) electrons. The van der Waals surface area contributed by atoms with Crippen LogP contribution in [0.4, 0.5) is 5.69 Å². The number of amides is 2. The summed E-state index contributed by atoms with van der Waals surface area (Å²) in [5.41, 5.74) is 2.50. The second-order valence-electron chi connectivity index (χ2n) is 9.43. The fourth-order valence-corrected chi connectivity index (χ4v) is 4.95. The number of hydrogen-bond acceptors (Lipinski definition) is 4. The number of hydrogen-bond donors (Lipinski definition) is 1. The van der Waals surface area contributed by atoms with E-state index in [2.05, 4.69) is 5.32 Å². The molecule has 0 bridgehead atoms. The highest BCUT2D eigenvalue weighted by atomic mass is 35.5. The van der Waals surface area contributed by atoms with Crippen molar-refractivity contribution in [2.24, 2.45) is 5.92 Å². The third-order valence-electron chi connectivity index (χ3n) is 5.88. The summed E-state index contributed by atoms with van der Waals surface area (Å²) in [6.45, 7) is 8.65. The van der Waals surface area contributed by atoms with Crippen molar-refractivity contribution in [3.05, 3.63) is 64.7 Å². The Bertz CT molecular complexity index is 1120. The monoisotopic (exact) mass is 535 g/mol. The number of rotatable bonds is 13. The van der Waals surface area contributed by atoms with E-state index in [0.717, 1.165) is 23.8 Å². The molecule has 2 aromatic carbocycles. The van der Waals surface area contributed by atoms with Gasteiger partial charge in [-0.3, -0.25) is 13.9 Å². The fourth-order valence-electron chi connectivity index (χ4n) is 3.77. The Morgan fingerprint density at radius 1 is 1.03 bits per heavy atom. The summed E-state index contributed by atoms with van der Waals surface area (Å²) in [6, 6.07) is 13.9. The molecule has 1 atom stereocenters. The first-order valence-electron chi connectivity index (χ1n) is 12.3. The Morgan fingerprint density at radius 2 is 1.69 bits per heavy atom. The van der Waals surface area contributed by atoms with Crippen molar-refractivity contribution in [1.29, 1.82) is 0 Å². The summed E-state index contributed by atoms with van der Waals surface area (Å²) >= 11 is 6.13. The molecule has 0 spiro atoms. The van der Waals surface area contributed by atoms with Crippen LogP contribution in [-0.4, -0.2) is 50.5 Å². The Morgan fingerprint density at radius 3 is 2.25 bits per heavy atom. The SMILES string of the molecule is CCc1ccc(N(CCCC(=O)N(Cc2cccc(Cl)c2)[C@H](C)C(=O)NCC(C)C)S(C)(=O)=O)cc1. The molecule has 0 aliphatic rings. The van der Waals surface area contributed by atoms with E-state index in [4.69, 9.17) is 11.6 Å². The zero-order chi connectivity index (χ0) is 26.9. The summed E-state index contributed by atoms with van der Waals surface area (Å²) < 4.78 is 26.2. The fraction of sp³-hybridized carbons (Fsp3) is 0.481. The average Bonchev–Trinajstić information content (AvgIpc) is 2.82. The highest BCUT2D eigenvalue weighted by Crippen LogP contribution is 2.20. The van der Waals surface area contributed by atoms with E-state index in [9.17, 15) is 18.0 Å². The van der Waals surface area contributed by atoms with Crippen molar-refractivity contribution in [1.82, 2.24) is 10.2 Å². The minimum absolute atomic E-state index is 0.0986. The second-order valence-corrected chi connectivity index (χ2v) is 11.8. The molecule has 0 aromatic heterocycles. The summed E-state index contributed by atoms with van der Waals surface area (Å²) in [4.78, 5) is 27.6. The van der Waals surface area contributed by atoms with Crippen LogP contribution in [-0.2, 0) is 32.6 Å². The minimum atomic E-state index is -3.52. The lowest BCUT2D eigenvalue weighted by Crippen LogP contribution is -2.48. The standard InChI is InChI=1S/C27H38ClN3O4S/c1-6-22-12-14-25(15-13-22)31(36(5,34)35)16-8-11-26(32)30(19-23-9-7-10-24(28)17-23)21(4)27(33)29-18-20(2)3/h7,9-10,12-15,17,20-21H,6,8,11,16,18-19H2,1-5H3,(H,29,33)/t21-/m1/s1. The molecule has 0 fully saturated rings. The number of nitrogens with zero attached hydrogens (tertiary/aromatic N) is 2. The maximum atomic E-state index is 13.3. The molecule has 36 heavy (non-hydrogen) atoms. The van der Waals surface area contributed by atoms with E-state index in [1.165, 1.54) is 9.21 Å². The van der Waals surface area contributed by atoms with Crippen LogP contribution in [0.25, 0.3) is 0 Å². The number of benzene rings is 2. The first-order chi connectivity index (χ1) is 16.9. The average molecular weight is 536 g/mol. The van der Waals surface area contributed by atoms with E-state index in [-0.39, 0.29) is 37.2 Å². The van der Waals surface area contributed by atoms with E-state index < -0.39 is 16.1 Å². The molecule has 1 N–H and O–H groups in total. The van der Waals surface area contributed by atoms with Crippen molar-refractivity contribution < 1.29 is 18.0 Å². The van der Waals surface area contributed by atoms with Gasteiger partial charge in [-0.2, -0.15) is 0 Å². The molecular weight excluding hydrogens is 498 g/mol. The molecule has 0 unspecified atom stereocenters. The number of carbonyl (C=O) groups is 2. The molecule has 0 saturated heterocycles. The third-order valence-corrected chi connectivity index (χ3v) is 7.31. The van der Waals surface area contributed by atoms with Crippen molar-refractivity contribution in [2.45, 2.75) is 59.5 Å². The number of anilines is 1. The quantitative estimate of drug-likeness (QED) is 0.405. The van der Waals surface area contributed by atoms with Crippen molar-refractivity contribution in [3.8, 4) is 0 Å². The largest absolute Gasteiger partial charge is 0.354 e. The maximum absolute atomic E-state index is 13.3. The topological polar surface area (TPSA) is 86.8 Å². The van der Waals surface area contributed by atoms with Crippen LogP contribution in [0.2, 0.25) is 5.02 Å². The lowest BCUT2D eigenvalue weighted by Gasteiger charge is -2.29. The van der Waals surface area contributed by atoms with Crippen molar-refractivity contribution in [3.63, 3.8) is 0 Å². The van der Waals surface area contributed by atoms with E-state index in [0.29, 0.717) is 23.7 Å². The predicted molar refractivity (Wildman–Crippen MR) is 147 cm³/mol. The first-order valence-corrected chi connectivity index (χ1v) is 14.5. The second kappa shape index (κ2) is 13.7. The Hall–Kier alpha value is -2.58. The molecule has 9 heteroatoms. The van der Waals surface area contributed by atoms with E-state index in [1.807, 2.05) is 39.0 Å². The molecular formula is C27H38ClN3O4S. The number of halogens is 1. The van der Waals surface area contributed by atoms with Gasteiger partial charge in [-0.25, -0.2) is 8.42 Å². The number of aryl methyl sites for hydroxylation is 1. The van der Waals surface area contributed by atoms with Crippen LogP contribution < -0.4 is 9.62 Å². The lowest BCUT2D eigenvalue weighted by molar-refractivity contribution is -0.140. The zero-order valence-electron chi connectivity index (χ0n) is 21.8. The van der Waals surface area contributed by atoms with Crippen LogP contribution in [0.1, 0.15) is 51.7 Å². The van der Waals surface area contributed by atoms with Crippen molar-refractivity contribution in [2.75, 3.05) is 23.7 Å².